The van der Waals surface area contributed by atoms with Crippen LogP contribution in [0.25, 0.3) is 5.43 Å². The van der Waals surface area contributed by atoms with E-state index in [1.54, 1.807) is 20.3 Å². The Balaban J connectivity index is 2.23. The van der Waals surface area contributed by atoms with E-state index >= 15 is 0 Å². The first kappa shape index (κ1) is 15.8. The van der Waals surface area contributed by atoms with E-state index in [0.29, 0.717) is 23.1 Å². The summed E-state index contributed by atoms with van der Waals surface area (Å²) >= 11 is 0. The van der Waals surface area contributed by atoms with Gasteiger partial charge < -0.3 is 24.8 Å². The number of quaternary nitrogens is 1. The van der Waals surface area contributed by atoms with Crippen LogP contribution in [0.15, 0.2) is 52.3 Å². The smallest absolute Gasteiger partial charge is 0.240 e. The molecule has 0 spiro atoms. The molecule has 1 heterocycles. The van der Waals surface area contributed by atoms with Crippen molar-refractivity contribution in [3.8, 4) is 5.75 Å². The van der Waals surface area contributed by atoms with Crippen LogP contribution in [0.3, 0.4) is 0 Å². The highest BCUT2D eigenvalue weighted by molar-refractivity contribution is 5.61. The number of nitrogens with zero attached hydrogens (tertiary/aromatic N) is 4. The van der Waals surface area contributed by atoms with E-state index in [0.717, 1.165) is 10.7 Å². The lowest BCUT2D eigenvalue weighted by Gasteiger charge is -2.31. The van der Waals surface area contributed by atoms with Crippen molar-refractivity contribution in [2.45, 2.75) is 0 Å². The van der Waals surface area contributed by atoms with Crippen LogP contribution in [0.5, 0.6) is 5.75 Å². The van der Waals surface area contributed by atoms with Crippen molar-refractivity contribution < 1.29 is 14.5 Å². The summed E-state index contributed by atoms with van der Waals surface area (Å²) in [7, 11) is 9.02. The number of anilines is 1. The summed E-state index contributed by atoms with van der Waals surface area (Å²) in [6, 6.07) is 5.77. The van der Waals surface area contributed by atoms with Crippen LogP contribution < -0.4 is 14.6 Å². The van der Waals surface area contributed by atoms with Crippen molar-refractivity contribution in [3.63, 3.8) is 0 Å². The van der Waals surface area contributed by atoms with Gasteiger partial charge in [0.1, 0.15) is 11.4 Å². The molecule has 1 atom stereocenters. The summed E-state index contributed by atoms with van der Waals surface area (Å²) in [6.45, 7) is 0. The van der Waals surface area contributed by atoms with Crippen LogP contribution in [0, 0.1) is 0 Å². The fourth-order valence-corrected chi connectivity index (χ4v) is 1.88. The van der Waals surface area contributed by atoms with Crippen molar-refractivity contribution >= 4 is 11.4 Å². The first-order valence-electron chi connectivity index (χ1n) is 6.84. The highest BCUT2D eigenvalue weighted by atomic mass is 16.5. The number of ether oxygens (including phenoxy) is 2. The predicted molar refractivity (Wildman–Crippen MR) is 85.3 cm³/mol. The van der Waals surface area contributed by atoms with Gasteiger partial charge in [-0.05, 0) is 18.2 Å². The number of hydrogen-bond donors (Lipinski definition) is 1. The van der Waals surface area contributed by atoms with Gasteiger partial charge in [-0.3, -0.25) is 0 Å². The fourth-order valence-electron chi connectivity index (χ4n) is 1.88. The van der Waals surface area contributed by atoms with Gasteiger partial charge in [0.15, 0.2) is 0 Å². The molecule has 0 aromatic heterocycles. The Morgan fingerprint density at radius 3 is 2.45 bits per heavy atom. The Labute approximate surface area is 130 Å². The van der Waals surface area contributed by atoms with Crippen LogP contribution in [-0.2, 0) is 4.74 Å². The first-order chi connectivity index (χ1) is 10.5. The van der Waals surface area contributed by atoms with Gasteiger partial charge in [0.25, 0.3) is 0 Å². The molecular formula is C15H21N5O2. The molecule has 0 amide bonds. The van der Waals surface area contributed by atoms with Gasteiger partial charge in [-0.15, -0.1) is 5.11 Å². The van der Waals surface area contributed by atoms with Crippen molar-refractivity contribution in [2.75, 3.05) is 40.3 Å². The topological polar surface area (TPSA) is 65.0 Å². The maximum Gasteiger partial charge on any atom is 0.240 e. The van der Waals surface area contributed by atoms with Crippen LogP contribution >= 0.6 is 0 Å². The minimum atomic E-state index is 0.560. The number of methoxy groups -OCH3 is 2. The van der Waals surface area contributed by atoms with Crippen LogP contribution in [0.1, 0.15) is 0 Å². The molecule has 0 bridgehead atoms. The zero-order valence-corrected chi connectivity index (χ0v) is 13.5. The quantitative estimate of drug-likeness (QED) is 0.846. The molecule has 118 valence electrons. The second kappa shape index (κ2) is 6.95. The lowest BCUT2D eigenvalue weighted by molar-refractivity contribution is -0.799. The molecule has 1 unspecified atom stereocenters. The zero-order valence-electron chi connectivity index (χ0n) is 13.5. The highest BCUT2D eigenvalue weighted by Gasteiger charge is 2.09. The Morgan fingerprint density at radius 1 is 1.09 bits per heavy atom. The van der Waals surface area contributed by atoms with Gasteiger partial charge in [0.05, 0.1) is 27.2 Å². The van der Waals surface area contributed by atoms with Crippen LogP contribution in [-0.4, -0.2) is 35.4 Å². The van der Waals surface area contributed by atoms with E-state index in [4.69, 9.17) is 9.47 Å². The van der Waals surface area contributed by atoms with Gasteiger partial charge in [0.2, 0.25) is 5.82 Å². The Kier molecular flexibility index (Phi) is 5.00. The normalized spacial score (nSPS) is 17.6. The largest absolute Gasteiger partial charge is 0.516 e. The van der Waals surface area contributed by atoms with Crippen molar-refractivity contribution in [3.05, 3.63) is 47.5 Å². The molecule has 1 aromatic rings. The maximum absolute atomic E-state index is 5.38. The van der Waals surface area contributed by atoms with E-state index < -0.39 is 0 Å². The molecule has 7 heteroatoms. The highest BCUT2D eigenvalue weighted by Crippen LogP contribution is 2.31. The molecule has 1 aliphatic rings. The maximum atomic E-state index is 5.38. The van der Waals surface area contributed by atoms with E-state index in [2.05, 4.69) is 15.7 Å². The molecule has 2 rings (SSSR count). The van der Waals surface area contributed by atoms with Gasteiger partial charge in [-0.2, -0.15) is 0 Å². The first-order valence-corrected chi connectivity index (χ1v) is 6.84. The number of nitrogens with one attached hydrogen (secondary N) is 1. The third-order valence-electron chi connectivity index (χ3n) is 3.19. The Bertz CT molecular complexity index is 622. The lowest BCUT2D eigenvalue weighted by Crippen LogP contribution is -3.02. The molecule has 22 heavy (non-hydrogen) atoms. The van der Waals surface area contributed by atoms with Gasteiger partial charge >= 0.3 is 0 Å². The average molecular weight is 303 g/mol. The average Bonchev–Trinajstić information content (AvgIpc) is 2.53. The SMILES string of the molecule is COC1=CC=C(N=Nc2ccc(N(C)C)cc2OC)[NH+](C)[N-]1. The molecular weight excluding hydrogens is 282 g/mol. The zero-order chi connectivity index (χ0) is 16.1. The van der Waals surface area contributed by atoms with Crippen molar-refractivity contribution in [1.82, 2.24) is 0 Å². The molecule has 1 aromatic carbocycles. The number of hydrogen-bond acceptors (Lipinski definition) is 5. The van der Waals surface area contributed by atoms with E-state index in [9.17, 15) is 0 Å². The third kappa shape index (κ3) is 3.56. The second-order valence-electron chi connectivity index (χ2n) is 4.91. The minimum absolute atomic E-state index is 0.560. The summed E-state index contributed by atoms with van der Waals surface area (Å²) in [5, 5.41) is 9.27. The summed E-state index contributed by atoms with van der Waals surface area (Å²) < 4.78 is 10.5. The summed E-state index contributed by atoms with van der Waals surface area (Å²) in [6.07, 6.45) is 3.58. The minimum Gasteiger partial charge on any atom is -0.516 e. The molecule has 0 fully saturated rings. The molecule has 0 aliphatic carbocycles. The molecule has 0 saturated carbocycles. The molecule has 0 saturated heterocycles. The fraction of sp³-hybridized carbons (Fsp3) is 0.333. The third-order valence-corrected chi connectivity index (χ3v) is 3.19. The van der Waals surface area contributed by atoms with Crippen LogP contribution in [0.2, 0.25) is 0 Å². The predicted octanol–water partition coefficient (Wildman–Crippen LogP) is 1.99. The van der Waals surface area contributed by atoms with Crippen molar-refractivity contribution in [1.29, 1.82) is 0 Å². The van der Waals surface area contributed by atoms with Crippen LogP contribution in [0.4, 0.5) is 11.4 Å². The van der Waals surface area contributed by atoms with E-state index in [-0.39, 0.29) is 0 Å². The molecule has 0 radical (unpaired) electrons. The summed E-state index contributed by atoms with van der Waals surface area (Å²) in [5.74, 6) is 1.93. The molecule has 7 nitrogen and oxygen atoms in total. The Morgan fingerprint density at radius 2 is 1.86 bits per heavy atom. The standard InChI is InChI=1S/C15H21N5O2/c1-19(2)11-6-7-12(13(10-11)21-4)16-17-14-8-9-15(22-5)18-20(14)3/h6-10,20H,1-5H3. The second-order valence-corrected chi connectivity index (χ2v) is 4.91. The lowest BCUT2D eigenvalue weighted by atomic mass is 10.2. The monoisotopic (exact) mass is 303 g/mol. The molecule has 1 aliphatic heterocycles. The summed E-state index contributed by atoms with van der Waals surface area (Å²) in [4.78, 5) is 2.00. The number of allylic oxidation sites excluding steroid dienone is 2. The Hall–Kier alpha value is -2.54. The van der Waals surface area contributed by atoms with E-state index in [1.807, 2.05) is 50.3 Å². The molecule has 1 N–H and O–H groups in total. The number of azo groups is 1. The summed E-state index contributed by atoms with van der Waals surface area (Å²) in [5.41, 5.74) is 5.98. The van der Waals surface area contributed by atoms with Gasteiger partial charge in [-0.25, -0.2) is 0 Å². The number of rotatable bonds is 5. The van der Waals surface area contributed by atoms with Gasteiger partial charge in [0, 0.05) is 31.9 Å². The van der Waals surface area contributed by atoms with Crippen molar-refractivity contribution in [2.24, 2.45) is 10.2 Å². The van der Waals surface area contributed by atoms with E-state index in [1.165, 1.54) is 0 Å². The van der Waals surface area contributed by atoms with Gasteiger partial charge in [-0.1, -0.05) is 5.11 Å². The number of benzene rings is 1.